The number of hydrogen-bond donors (Lipinski definition) is 1. The van der Waals surface area contributed by atoms with E-state index in [9.17, 15) is 9.18 Å². The van der Waals surface area contributed by atoms with Gasteiger partial charge in [-0.25, -0.2) is 9.18 Å². The van der Waals surface area contributed by atoms with E-state index in [1.807, 2.05) is 0 Å². The van der Waals surface area contributed by atoms with Crippen LogP contribution in [0.5, 0.6) is 5.75 Å². The standard InChI is InChI=1S/C22H20Cl3FN2O2/c1-28(2)22(29)27-16-8-10-20(19(26)12-16)30-21(13-3-5-14(23)6-4-13)17-9-7-15(24)11-18(17)25/h3-10,12,18,21H,11H2,1-2H3,(H,27,29). The highest BCUT2D eigenvalue weighted by Gasteiger charge is 2.28. The van der Waals surface area contributed by atoms with Gasteiger partial charge >= 0.3 is 6.03 Å². The van der Waals surface area contributed by atoms with Gasteiger partial charge < -0.3 is 15.0 Å². The molecule has 30 heavy (non-hydrogen) atoms. The van der Waals surface area contributed by atoms with Crippen molar-refractivity contribution in [3.63, 3.8) is 0 Å². The summed E-state index contributed by atoms with van der Waals surface area (Å²) >= 11 is 18.6. The Kier molecular flexibility index (Phi) is 7.29. The van der Waals surface area contributed by atoms with Gasteiger partial charge in [0.2, 0.25) is 0 Å². The number of carbonyl (C=O) groups is 1. The second-order valence-electron chi connectivity index (χ2n) is 6.97. The fraction of sp³-hybridized carbons (Fsp3) is 0.227. The molecule has 2 amide bonds. The van der Waals surface area contributed by atoms with Crippen molar-refractivity contribution in [2.24, 2.45) is 0 Å². The zero-order valence-corrected chi connectivity index (χ0v) is 18.6. The molecule has 0 aromatic heterocycles. The fourth-order valence-electron chi connectivity index (χ4n) is 2.90. The predicted octanol–water partition coefficient (Wildman–Crippen LogP) is 6.75. The molecule has 1 aliphatic carbocycles. The molecular weight excluding hydrogens is 450 g/mol. The number of nitrogens with zero attached hydrogens (tertiary/aromatic N) is 1. The molecule has 158 valence electrons. The number of allylic oxidation sites excluding steroid dienone is 3. The minimum atomic E-state index is -0.637. The van der Waals surface area contributed by atoms with E-state index in [0.717, 1.165) is 11.1 Å². The van der Waals surface area contributed by atoms with Crippen LogP contribution in [0.25, 0.3) is 0 Å². The summed E-state index contributed by atoms with van der Waals surface area (Å²) in [6.45, 7) is 0. The maximum absolute atomic E-state index is 14.8. The lowest BCUT2D eigenvalue weighted by molar-refractivity contribution is 0.227. The first kappa shape index (κ1) is 22.5. The van der Waals surface area contributed by atoms with E-state index in [-0.39, 0.29) is 11.8 Å². The van der Waals surface area contributed by atoms with Crippen LogP contribution in [0.15, 0.2) is 65.2 Å². The van der Waals surface area contributed by atoms with E-state index in [1.54, 1.807) is 56.6 Å². The highest BCUT2D eigenvalue weighted by Crippen LogP contribution is 2.38. The molecule has 0 fully saturated rings. The summed E-state index contributed by atoms with van der Waals surface area (Å²) in [5.41, 5.74) is 1.85. The van der Waals surface area contributed by atoms with Crippen molar-refractivity contribution in [3.05, 3.63) is 81.6 Å². The van der Waals surface area contributed by atoms with Crippen molar-refractivity contribution in [1.29, 1.82) is 0 Å². The lowest BCUT2D eigenvalue weighted by atomic mass is 9.94. The molecule has 2 unspecified atom stereocenters. The summed E-state index contributed by atoms with van der Waals surface area (Å²) in [6.07, 6.45) is 3.38. The zero-order valence-electron chi connectivity index (χ0n) is 16.3. The first-order valence-electron chi connectivity index (χ1n) is 9.15. The van der Waals surface area contributed by atoms with Gasteiger partial charge in [0.15, 0.2) is 11.6 Å². The normalized spacial score (nSPS) is 16.9. The zero-order chi connectivity index (χ0) is 21.8. The van der Waals surface area contributed by atoms with Crippen LogP contribution in [0, 0.1) is 5.82 Å². The predicted molar refractivity (Wildman–Crippen MR) is 120 cm³/mol. The van der Waals surface area contributed by atoms with Crippen LogP contribution in [-0.4, -0.2) is 30.4 Å². The number of amides is 2. The third-order valence-corrected chi connectivity index (χ3v) is 5.44. The van der Waals surface area contributed by atoms with E-state index in [4.69, 9.17) is 39.5 Å². The van der Waals surface area contributed by atoms with Crippen LogP contribution in [0.3, 0.4) is 0 Å². The SMILES string of the molecule is CN(C)C(=O)Nc1ccc(OC(C2=CC=C(Cl)CC2Cl)c2ccc(Cl)cc2)c(F)c1. The maximum atomic E-state index is 14.8. The Morgan fingerprint density at radius 3 is 2.47 bits per heavy atom. The number of carbonyl (C=O) groups excluding carboxylic acids is 1. The third kappa shape index (κ3) is 5.48. The molecule has 0 bridgehead atoms. The lowest BCUT2D eigenvalue weighted by Gasteiger charge is -2.27. The van der Waals surface area contributed by atoms with Crippen LogP contribution in [0.1, 0.15) is 18.1 Å². The average molecular weight is 470 g/mol. The van der Waals surface area contributed by atoms with Gasteiger partial charge in [0.05, 0.1) is 5.38 Å². The second-order valence-corrected chi connectivity index (χ2v) is 8.42. The van der Waals surface area contributed by atoms with E-state index in [0.29, 0.717) is 22.2 Å². The van der Waals surface area contributed by atoms with Crippen LogP contribution < -0.4 is 10.1 Å². The summed E-state index contributed by atoms with van der Waals surface area (Å²) < 4.78 is 20.8. The molecule has 0 radical (unpaired) electrons. The number of alkyl halides is 1. The number of rotatable bonds is 5. The second kappa shape index (κ2) is 9.73. The Morgan fingerprint density at radius 1 is 1.17 bits per heavy atom. The molecule has 4 nitrogen and oxygen atoms in total. The van der Waals surface area contributed by atoms with Gasteiger partial charge in [0.25, 0.3) is 0 Å². The molecule has 0 spiro atoms. The third-order valence-electron chi connectivity index (χ3n) is 4.50. The smallest absolute Gasteiger partial charge is 0.321 e. The van der Waals surface area contributed by atoms with Crippen molar-refractivity contribution in [3.8, 4) is 5.75 Å². The van der Waals surface area contributed by atoms with E-state index in [1.165, 1.54) is 17.0 Å². The Hall–Kier alpha value is -2.21. The van der Waals surface area contributed by atoms with Crippen LogP contribution in [-0.2, 0) is 0 Å². The molecule has 0 saturated carbocycles. The first-order chi connectivity index (χ1) is 14.2. The number of hydrogen-bond acceptors (Lipinski definition) is 2. The lowest BCUT2D eigenvalue weighted by Crippen LogP contribution is -2.27. The largest absolute Gasteiger partial charge is 0.478 e. The molecule has 2 atom stereocenters. The molecule has 1 aliphatic rings. The number of urea groups is 1. The highest BCUT2D eigenvalue weighted by atomic mass is 35.5. The Morgan fingerprint density at radius 2 is 1.87 bits per heavy atom. The topological polar surface area (TPSA) is 41.6 Å². The summed E-state index contributed by atoms with van der Waals surface area (Å²) in [4.78, 5) is 13.1. The summed E-state index contributed by atoms with van der Waals surface area (Å²) in [6, 6.07) is 11.0. The molecule has 8 heteroatoms. The Balaban J connectivity index is 1.92. The molecular formula is C22H20Cl3FN2O2. The number of anilines is 1. The highest BCUT2D eigenvalue weighted by molar-refractivity contribution is 6.31. The van der Waals surface area contributed by atoms with E-state index < -0.39 is 17.3 Å². The Labute approximate surface area is 189 Å². The van der Waals surface area contributed by atoms with E-state index >= 15 is 0 Å². The summed E-state index contributed by atoms with van der Waals surface area (Å²) in [5.74, 6) is -0.579. The van der Waals surface area contributed by atoms with Crippen molar-refractivity contribution in [2.75, 3.05) is 19.4 Å². The number of nitrogens with one attached hydrogen (secondary N) is 1. The van der Waals surface area contributed by atoms with Gasteiger partial charge in [-0.1, -0.05) is 41.4 Å². The molecule has 3 rings (SSSR count). The monoisotopic (exact) mass is 468 g/mol. The molecule has 0 saturated heterocycles. The van der Waals surface area contributed by atoms with Gasteiger partial charge in [0.1, 0.15) is 6.10 Å². The van der Waals surface area contributed by atoms with Crippen LogP contribution in [0.4, 0.5) is 14.9 Å². The van der Waals surface area contributed by atoms with Gasteiger partial charge in [0, 0.05) is 42.3 Å². The summed E-state index contributed by atoms with van der Waals surface area (Å²) in [7, 11) is 3.20. The maximum Gasteiger partial charge on any atom is 0.321 e. The summed E-state index contributed by atoms with van der Waals surface area (Å²) in [5, 5.41) is 3.42. The van der Waals surface area contributed by atoms with Crippen LogP contribution >= 0.6 is 34.8 Å². The van der Waals surface area contributed by atoms with Crippen molar-refractivity contribution in [1.82, 2.24) is 4.90 Å². The van der Waals surface area contributed by atoms with Crippen LogP contribution in [0.2, 0.25) is 5.02 Å². The molecule has 0 heterocycles. The van der Waals surface area contributed by atoms with Crippen molar-refractivity contribution >= 4 is 46.5 Å². The Bertz CT molecular complexity index is 990. The molecule has 2 aromatic carbocycles. The van der Waals surface area contributed by atoms with Crippen molar-refractivity contribution < 1.29 is 13.9 Å². The average Bonchev–Trinajstić information content (AvgIpc) is 2.69. The number of benzene rings is 2. The number of halogens is 4. The fourth-order valence-corrected chi connectivity index (χ4v) is 3.68. The quantitative estimate of drug-likeness (QED) is 0.492. The van der Waals surface area contributed by atoms with Gasteiger partial charge in [-0.05, 0) is 41.5 Å². The first-order valence-corrected chi connectivity index (χ1v) is 10.3. The minimum absolute atomic E-state index is 0.0308. The molecule has 1 N–H and O–H groups in total. The minimum Gasteiger partial charge on any atom is -0.478 e. The number of ether oxygens (including phenoxy) is 1. The van der Waals surface area contributed by atoms with E-state index in [2.05, 4.69) is 5.32 Å². The van der Waals surface area contributed by atoms with Gasteiger partial charge in [-0.2, -0.15) is 0 Å². The van der Waals surface area contributed by atoms with Crippen molar-refractivity contribution in [2.45, 2.75) is 17.9 Å². The van der Waals surface area contributed by atoms with Gasteiger partial charge in [-0.15, -0.1) is 11.6 Å². The van der Waals surface area contributed by atoms with Gasteiger partial charge in [-0.3, -0.25) is 0 Å². The molecule has 0 aliphatic heterocycles. The molecule has 2 aromatic rings.